The Hall–Kier alpha value is -1.63. The van der Waals surface area contributed by atoms with Crippen LogP contribution in [0.4, 0.5) is 0 Å². The van der Waals surface area contributed by atoms with Crippen LogP contribution in [0.5, 0.6) is 0 Å². The third kappa shape index (κ3) is 2.92. The zero-order valence-corrected chi connectivity index (χ0v) is 11.7. The number of amides is 2. The van der Waals surface area contributed by atoms with Gasteiger partial charge in [0.2, 0.25) is 11.8 Å². The number of rotatable bonds is 3. The molecule has 0 saturated carbocycles. The normalized spacial score (nSPS) is 27.2. The lowest BCUT2D eigenvalue weighted by molar-refractivity contribution is -0.160. The number of hydrogen-bond donors (Lipinski definition) is 1. The second-order valence-electron chi connectivity index (χ2n) is 5.52. The van der Waals surface area contributed by atoms with Crippen LogP contribution >= 0.6 is 0 Å². The van der Waals surface area contributed by atoms with Crippen molar-refractivity contribution >= 4 is 17.8 Å². The fourth-order valence-corrected chi connectivity index (χ4v) is 2.65. The van der Waals surface area contributed by atoms with Crippen molar-refractivity contribution in [1.82, 2.24) is 9.80 Å². The summed E-state index contributed by atoms with van der Waals surface area (Å²) in [6.45, 7) is 4.91. The summed E-state index contributed by atoms with van der Waals surface area (Å²) < 4.78 is 5.09. The standard InChI is InChI=1S/C13H20N2O5/c1-8(2)15-6-9(5-11(15)16)12(17)14-3-4-20-10(7-14)13(18)19/h8-10H,3-7H2,1-2H3,(H,18,19). The molecule has 112 valence electrons. The van der Waals surface area contributed by atoms with Gasteiger partial charge in [0, 0.05) is 25.6 Å². The number of aliphatic carboxylic acids is 1. The van der Waals surface area contributed by atoms with Gasteiger partial charge in [0.1, 0.15) is 0 Å². The molecule has 1 N–H and O–H groups in total. The van der Waals surface area contributed by atoms with Gasteiger partial charge < -0.3 is 19.6 Å². The Kier molecular flexibility index (Phi) is 4.27. The molecular weight excluding hydrogens is 264 g/mol. The Balaban J connectivity index is 1.98. The van der Waals surface area contributed by atoms with Gasteiger partial charge in [-0.3, -0.25) is 9.59 Å². The van der Waals surface area contributed by atoms with Gasteiger partial charge in [0.25, 0.3) is 0 Å². The van der Waals surface area contributed by atoms with E-state index in [1.807, 2.05) is 13.8 Å². The minimum absolute atomic E-state index is 0.0126. The number of hydrogen-bond acceptors (Lipinski definition) is 4. The molecule has 2 fully saturated rings. The molecule has 2 heterocycles. The van der Waals surface area contributed by atoms with Crippen molar-refractivity contribution in [1.29, 1.82) is 0 Å². The van der Waals surface area contributed by atoms with Crippen molar-refractivity contribution in [3.05, 3.63) is 0 Å². The van der Waals surface area contributed by atoms with Gasteiger partial charge in [-0.15, -0.1) is 0 Å². The number of nitrogens with zero attached hydrogens (tertiary/aromatic N) is 2. The number of carbonyl (C=O) groups excluding carboxylic acids is 2. The molecule has 7 heteroatoms. The molecule has 2 rings (SSSR count). The second kappa shape index (κ2) is 5.78. The van der Waals surface area contributed by atoms with Crippen molar-refractivity contribution in [3.63, 3.8) is 0 Å². The molecule has 2 aliphatic rings. The maximum absolute atomic E-state index is 12.4. The third-order valence-electron chi connectivity index (χ3n) is 3.78. The first-order valence-corrected chi connectivity index (χ1v) is 6.82. The van der Waals surface area contributed by atoms with Gasteiger partial charge in [-0.25, -0.2) is 4.79 Å². The molecule has 2 atom stereocenters. The highest BCUT2D eigenvalue weighted by atomic mass is 16.5. The highest BCUT2D eigenvalue weighted by Gasteiger charge is 2.39. The average Bonchev–Trinajstić information content (AvgIpc) is 2.80. The zero-order valence-electron chi connectivity index (χ0n) is 11.7. The molecule has 2 amide bonds. The average molecular weight is 284 g/mol. The van der Waals surface area contributed by atoms with E-state index in [1.54, 1.807) is 4.90 Å². The topological polar surface area (TPSA) is 87.2 Å². The summed E-state index contributed by atoms with van der Waals surface area (Å²) in [5, 5.41) is 8.93. The Morgan fingerprint density at radius 1 is 1.35 bits per heavy atom. The highest BCUT2D eigenvalue weighted by molar-refractivity contribution is 5.89. The Labute approximate surface area is 117 Å². The molecule has 0 aromatic carbocycles. The smallest absolute Gasteiger partial charge is 0.334 e. The number of carboxylic acid groups (broad SMARTS) is 1. The van der Waals surface area contributed by atoms with E-state index in [0.717, 1.165) is 0 Å². The van der Waals surface area contributed by atoms with E-state index in [-0.39, 0.29) is 43.3 Å². The fraction of sp³-hybridized carbons (Fsp3) is 0.769. The largest absolute Gasteiger partial charge is 0.479 e. The lowest BCUT2D eigenvalue weighted by Crippen LogP contribution is -2.50. The van der Waals surface area contributed by atoms with Crippen molar-refractivity contribution < 1.29 is 24.2 Å². The first-order chi connectivity index (χ1) is 9.40. The van der Waals surface area contributed by atoms with Crippen LogP contribution in [0.25, 0.3) is 0 Å². The van der Waals surface area contributed by atoms with Crippen molar-refractivity contribution in [2.24, 2.45) is 5.92 Å². The molecule has 0 aliphatic carbocycles. The third-order valence-corrected chi connectivity index (χ3v) is 3.78. The van der Waals surface area contributed by atoms with Crippen LogP contribution in [0.3, 0.4) is 0 Å². The zero-order chi connectivity index (χ0) is 14.9. The summed E-state index contributed by atoms with van der Waals surface area (Å²) >= 11 is 0. The molecule has 0 spiro atoms. The van der Waals surface area contributed by atoms with Crippen LogP contribution in [0.15, 0.2) is 0 Å². The van der Waals surface area contributed by atoms with E-state index >= 15 is 0 Å². The first-order valence-electron chi connectivity index (χ1n) is 6.82. The van der Waals surface area contributed by atoms with Crippen molar-refractivity contribution in [2.45, 2.75) is 32.4 Å². The number of carboxylic acids is 1. The highest BCUT2D eigenvalue weighted by Crippen LogP contribution is 2.23. The summed E-state index contributed by atoms with van der Waals surface area (Å²) in [6.07, 6.45) is -0.752. The fourth-order valence-electron chi connectivity index (χ4n) is 2.65. The van der Waals surface area contributed by atoms with E-state index in [1.165, 1.54) is 4.90 Å². The van der Waals surface area contributed by atoms with Gasteiger partial charge in [0.05, 0.1) is 19.1 Å². The summed E-state index contributed by atoms with van der Waals surface area (Å²) in [5.74, 6) is -1.58. The molecule has 2 aliphatic heterocycles. The van der Waals surface area contributed by atoms with Crippen molar-refractivity contribution in [2.75, 3.05) is 26.2 Å². The Bertz CT molecular complexity index is 423. The number of morpholine rings is 1. The first kappa shape index (κ1) is 14.8. The van der Waals surface area contributed by atoms with Gasteiger partial charge in [0.15, 0.2) is 6.10 Å². The van der Waals surface area contributed by atoms with Gasteiger partial charge >= 0.3 is 5.97 Å². The van der Waals surface area contributed by atoms with E-state index in [4.69, 9.17) is 9.84 Å². The maximum atomic E-state index is 12.4. The van der Waals surface area contributed by atoms with Crippen LogP contribution in [-0.4, -0.2) is 71.1 Å². The van der Waals surface area contributed by atoms with Gasteiger partial charge in [-0.1, -0.05) is 0 Å². The molecule has 7 nitrogen and oxygen atoms in total. The molecule has 0 bridgehead atoms. The molecule has 2 unspecified atom stereocenters. The summed E-state index contributed by atoms with van der Waals surface area (Å²) in [6, 6.07) is 0.0803. The van der Waals surface area contributed by atoms with Crippen molar-refractivity contribution in [3.8, 4) is 0 Å². The molecule has 20 heavy (non-hydrogen) atoms. The van der Waals surface area contributed by atoms with Crippen LogP contribution in [0.1, 0.15) is 20.3 Å². The number of carbonyl (C=O) groups is 3. The lowest BCUT2D eigenvalue weighted by Gasteiger charge is -2.32. The predicted molar refractivity (Wildman–Crippen MR) is 68.9 cm³/mol. The van der Waals surface area contributed by atoms with E-state index in [0.29, 0.717) is 13.1 Å². The Morgan fingerprint density at radius 3 is 2.60 bits per heavy atom. The SMILES string of the molecule is CC(C)N1CC(C(=O)N2CCOC(C(=O)O)C2)CC1=O. The minimum atomic E-state index is -1.06. The molecule has 0 aromatic rings. The Morgan fingerprint density at radius 2 is 2.05 bits per heavy atom. The van der Waals surface area contributed by atoms with Crippen LogP contribution in [-0.2, 0) is 19.1 Å². The monoisotopic (exact) mass is 284 g/mol. The second-order valence-corrected chi connectivity index (χ2v) is 5.52. The van der Waals surface area contributed by atoms with E-state index in [9.17, 15) is 14.4 Å². The number of likely N-dealkylation sites (tertiary alicyclic amines) is 1. The van der Waals surface area contributed by atoms with Gasteiger partial charge in [-0.2, -0.15) is 0 Å². The lowest BCUT2D eigenvalue weighted by atomic mass is 10.1. The summed E-state index contributed by atoms with van der Waals surface area (Å²) in [5.41, 5.74) is 0. The quantitative estimate of drug-likeness (QED) is 0.759. The van der Waals surface area contributed by atoms with Gasteiger partial charge in [-0.05, 0) is 13.8 Å². The predicted octanol–water partition coefficient (Wildman–Crippen LogP) is -0.445. The van der Waals surface area contributed by atoms with E-state index in [2.05, 4.69) is 0 Å². The van der Waals surface area contributed by atoms with Crippen LogP contribution in [0, 0.1) is 5.92 Å². The molecule has 2 saturated heterocycles. The number of ether oxygens (including phenoxy) is 1. The maximum Gasteiger partial charge on any atom is 0.334 e. The van der Waals surface area contributed by atoms with E-state index < -0.39 is 12.1 Å². The summed E-state index contributed by atoms with van der Waals surface area (Å²) in [7, 11) is 0. The molecular formula is C13H20N2O5. The molecule has 0 aromatic heterocycles. The van der Waals surface area contributed by atoms with Crippen LogP contribution < -0.4 is 0 Å². The van der Waals surface area contributed by atoms with Crippen LogP contribution in [0.2, 0.25) is 0 Å². The minimum Gasteiger partial charge on any atom is -0.479 e. The molecule has 0 radical (unpaired) electrons. The summed E-state index contributed by atoms with van der Waals surface area (Å²) in [4.78, 5) is 38.3.